The Morgan fingerprint density at radius 1 is 1.35 bits per heavy atom. The van der Waals surface area contributed by atoms with Gasteiger partial charge in [-0.1, -0.05) is 6.07 Å². The van der Waals surface area contributed by atoms with E-state index in [1.54, 1.807) is 42.5 Å². The van der Waals surface area contributed by atoms with Crippen LogP contribution in [0.1, 0.15) is 18.0 Å². The Bertz CT molecular complexity index is 717. The lowest BCUT2D eigenvalue weighted by Crippen LogP contribution is -2.30. The van der Waals surface area contributed by atoms with Crippen LogP contribution < -0.4 is 11.1 Å². The van der Waals surface area contributed by atoms with E-state index in [1.807, 2.05) is 6.07 Å². The lowest BCUT2D eigenvalue weighted by molar-refractivity contribution is -0.127. The first-order chi connectivity index (χ1) is 11.1. The lowest BCUT2D eigenvalue weighted by atomic mass is 9.94. The summed E-state index contributed by atoms with van der Waals surface area (Å²) in [5, 5.41) is 2.80. The molecule has 2 amide bonds. The summed E-state index contributed by atoms with van der Waals surface area (Å²) in [6.45, 7) is 0. The summed E-state index contributed by atoms with van der Waals surface area (Å²) in [6, 6.07) is 6.64. The fourth-order valence-electron chi connectivity index (χ4n) is 2.83. The number of aromatic nitrogens is 2. The normalized spacial score (nSPS) is 20.6. The van der Waals surface area contributed by atoms with Gasteiger partial charge in [0.25, 0.3) is 0 Å². The number of nitrogen functional groups attached to an aromatic ring is 1. The molecule has 7 nitrogen and oxygen atoms in total. The summed E-state index contributed by atoms with van der Waals surface area (Å²) in [6.07, 6.45) is 5.01. The van der Waals surface area contributed by atoms with Gasteiger partial charge in [0.1, 0.15) is 5.82 Å². The second kappa shape index (κ2) is 6.04. The molecule has 118 valence electrons. The van der Waals surface area contributed by atoms with Gasteiger partial charge in [-0.15, -0.1) is 0 Å². The van der Waals surface area contributed by atoms with Crippen LogP contribution in [0.15, 0.2) is 42.9 Å². The highest BCUT2D eigenvalue weighted by Crippen LogP contribution is 2.37. The van der Waals surface area contributed by atoms with Gasteiger partial charge in [-0.2, -0.15) is 0 Å². The van der Waals surface area contributed by atoms with Gasteiger partial charge in [0.05, 0.1) is 23.8 Å². The second-order valence-electron chi connectivity index (χ2n) is 5.51. The molecule has 1 saturated heterocycles. The Morgan fingerprint density at radius 2 is 2.17 bits per heavy atom. The number of anilines is 2. The Morgan fingerprint density at radius 3 is 2.83 bits per heavy atom. The molecule has 2 aromatic rings. The third kappa shape index (κ3) is 2.98. The minimum Gasteiger partial charge on any atom is -0.384 e. The van der Waals surface area contributed by atoms with Crippen LogP contribution >= 0.6 is 0 Å². The van der Waals surface area contributed by atoms with E-state index in [0.29, 0.717) is 11.5 Å². The number of amides is 2. The zero-order valence-corrected chi connectivity index (χ0v) is 12.6. The van der Waals surface area contributed by atoms with E-state index in [-0.39, 0.29) is 24.3 Å². The number of nitrogens with two attached hydrogens (primary N) is 1. The van der Waals surface area contributed by atoms with Gasteiger partial charge in [-0.3, -0.25) is 14.6 Å². The van der Waals surface area contributed by atoms with Gasteiger partial charge in [0.2, 0.25) is 11.8 Å². The third-order valence-corrected chi connectivity index (χ3v) is 4.00. The first-order valence-corrected chi connectivity index (χ1v) is 7.24. The smallest absolute Gasteiger partial charge is 0.230 e. The van der Waals surface area contributed by atoms with Crippen molar-refractivity contribution in [3.63, 3.8) is 0 Å². The second-order valence-corrected chi connectivity index (χ2v) is 5.51. The van der Waals surface area contributed by atoms with E-state index in [1.165, 1.54) is 6.20 Å². The van der Waals surface area contributed by atoms with Gasteiger partial charge in [0, 0.05) is 25.9 Å². The number of likely N-dealkylation sites (tertiary alicyclic amines) is 1. The number of carbonyl (C=O) groups excluding carboxylic acids is 2. The average molecular weight is 311 g/mol. The SMILES string of the molecule is CN1C(=O)C[C@H](C(=O)Nc2ccc(N)nc2)[C@H]1c1cccnc1. The maximum absolute atomic E-state index is 12.6. The van der Waals surface area contributed by atoms with Crippen LogP contribution in [0.5, 0.6) is 0 Å². The number of rotatable bonds is 3. The largest absolute Gasteiger partial charge is 0.384 e. The van der Waals surface area contributed by atoms with Crippen LogP contribution in [0.3, 0.4) is 0 Å². The summed E-state index contributed by atoms with van der Waals surface area (Å²) in [5.74, 6) is -0.376. The van der Waals surface area contributed by atoms with Crippen molar-refractivity contribution in [3.8, 4) is 0 Å². The summed E-state index contributed by atoms with van der Waals surface area (Å²) in [4.78, 5) is 34.3. The van der Waals surface area contributed by atoms with Crippen molar-refractivity contribution in [2.45, 2.75) is 12.5 Å². The van der Waals surface area contributed by atoms with E-state index in [2.05, 4.69) is 15.3 Å². The molecular weight excluding hydrogens is 294 g/mol. The topological polar surface area (TPSA) is 101 Å². The van der Waals surface area contributed by atoms with Crippen molar-refractivity contribution in [3.05, 3.63) is 48.4 Å². The van der Waals surface area contributed by atoms with Gasteiger partial charge >= 0.3 is 0 Å². The minimum atomic E-state index is -0.478. The highest BCUT2D eigenvalue weighted by molar-refractivity contribution is 5.97. The maximum atomic E-state index is 12.6. The molecule has 7 heteroatoms. The van der Waals surface area contributed by atoms with Crippen molar-refractivity contribution < 1.29 is 9.59 Å². The predicted octanol–water partition coefficient (Wildman–Crippen LogP) is 1.22. The van der Waals surface area contributed by atoms with E-state index < -0.39 is 5.92 Å². The highest BCUT2D eigenvalue weighted by atomic mass is 16.2. The molecule has 3 heterocycles. The summed E-state index contributed by atoms with van der Waals surface area (Å²) in [5.41, 5.74) is 6.93. The van der Waals surface area contributed by atoms with Crippen LogP contribution in [0.4, 0.5) is 11.5 Å². The van der Waals surface area contributed by atoms with Gasteiger partial charge in [0.15, 0.2) is 0 Å². The van der Waals surface area contributed by atoms with Crippen molar-refractivity contribution in [1.29, 1.82) is 0 Å². The quantitative estimate of drug-likeness (QED) is 0.887. The molecule has 0 aromatic carbocycles. The van der Waals surface area contributed by atoms with Crippen molar-refractivity contribution in [2.75, 3.05) is 18.1 Å². The Hall–Kier alpha value is -2.96. The van der Waals surface area contributed by atoms with Gasteiger partial charge < -0.3 is 16.0 Å². The fraction of sp³-hybridized carbons (Fsp3) is 0.250. The fourth-order valence-corrected chi connectivity index (χ4v) is 2.83. The van der Waals surface area contributed by atoms with Crippen LogP contribution in [-0.2, 0) is 9.59 Å². The molecule has 3 N–H and O–H groups in total. The minimum absolute atomic E-state index is 0.0607. The van der Waals surface area contributed by atoms with Gasteiger partial charge in [-0.05, 0) is 23.8 Å². The van der Waals surface area contributed by atoms with E-state index >= 15 is 0 Å². The monoisotopic (exact) mass is 311 g/mol. The van der Waals surface area contributed by atoms with Crippen molar-refractivity contribution >= 4 is 23.3 Å². The van der Waals surface area contributed by atoms with Crippen LogP contribution in [0.2, 0.25) is 0 Å². The molecule has 1 aliphatic rings. The summed E-state index contributed by atoms with van der Waals surface area (Å²) in [7, 11) is 1.71. The first kappa shape index (κ1) is 15.0. The molecular formula is C16H17N5O2. The molecule has 0 saturated carbocycles. The average Bonchev–Trinajstić information content (AvgIpc) is 2.86. The molecule has 23 heavy (non-hydrogen) atoms. The number of carbonyl (C=O) groups is 2. The molecule has 2 aromatic heterocycles. The Labute approximate surface area is 133 Å². The molecule has 3 rings (SSSR count). The van der Waals surface area contributed by atoms with E-state index in [9.17, 15) is 9.59 Å². The van der Waals surface area contributed by atoms with Crippen molar-refractivity contribution in [1.82, 2.24) is 14.9 Å². The maximum Gasteiger partial charge on any atom is 0.230 e. The van der Waals surface area contributed by atoms with Gasteiger partial charge in [-0.25, -0.2) is 4.98 Å². The van der Waals surface area contributed by atoms with E-state index in [0.717, 1.165) is 5.56 Å². The standard InChI is InChI=1S/C16H17N5O2/c1-21-14(22)7-12(15(21)10-3-2-6-18-8-10)16(23)20-11-4-5-13(17)19-9-11/h2-6,8-9,12,15H,7H2,1H3,(H2,17,19)(H,20,23)/t12-,15+/m0/s1. The zero-order chi connectivity index (χ0) is 16.4. The predicted molar refractivity (Wildman–Crippen MR) is 85.1 cm³/mol. The number of hydrogen-bond donors (Lipinski definition) is 2. The number of hydrogen-bond acceptors (Lipinski definition) is 5. The highest BCUT2D eigenvalue weighted by Gasteiger charge is 2.42. The molecule has 1 fully saturated rings. The lowest BCUT2D eigenvalue weighted by Gasteiger charge is -2.24. The molecule has 1 aliphatic heterocycles. The Kier molecular flexibility index (Phi) is 3.92. The molecule has 2 atom stereocenters. The van der Waals surface area contributed by atoms with Crippen LogP contribution in [0, 0.1) is 5.92 Å². The Balaban J connectivity index is 1.83. The first-order valence-electron chi connectivity index (χ1n) is 7.24. The zero-order valence-electron chi connectivity index (χ0n) is 12.6. The molecule has 0 aliphatic carbocycles. The molecule has 0 radical (unpaired) electrons. The summed E-state index contributed by atoms with van der Waals surface area (Å²) < 4.78 is 0. The van der Waals surface area contributed by atoms with Crippen molar-refractivity contribution in [2.24, 2.45) is 5.92 Å². The van der Waals surface area contributed by atoms with E-state index in [4.69, 9.17) is 5.73 Å². The van der Waals surface area contributed by atoms with Crippen LogP contribution in [-0.4, -0.2) is 33.7 Å². The molecule has 0 bridgehead atoms. The number of pyridine rings is 2. The summed E-state index contributed by atoms with van der Waals surface area (Å²) >= 11 is 0. The molecule has 0 spiro atoms. The number of nitrogens with one attached hydrogen (secondary N) is 1. The number of nitrogens with zero attached hydrogens (tertiary/aromatic N) is 3. The third-order valence-electron chi connectivity index (χ3n) is 4.00. The van der Waals surface area contributed by atoms with Crippen LogP contribution in [0.25, 0.3) is 0 Å². The molecule has 0 unspecified atom stereocenters.